The monoisotopic (exact) mass is 289 g/mol. The van der Waals surface area contributed by atoms with Crippen molar-refractivity contribution >= 4 is 0 Å². The van der Waals surface area contributed by atoms with Crippen molar-refractivity contribution in [3.05, 3.63) is 35.4 Å². The van der Waals surface area contributed by atoms with Gasteiger partial charge in [-0.3, -0.25) is 0 Å². The molecule has 4 nitrogen and oxygen atoms in total. The molecule has 0 aliphatic heterocycles. The number of aromatic nitrogens is 2. The predicted octanol–water partition coefficient (Wildman–Crippen LogP) is 3.55. The number of hydrogen-bond donors (Lipinski definition) is 1. The highest BCUT2D eigenvalue weighted by atomic mass is 19.1. The van der Waals surface area contributed by atoms with Gasteiger partial charge in [-0.1, -0.05) is 18.1 Å². The molecule has 0 radical (unpaired) electrons. The Kier molecular flexibility index (Phi) is 3.53. The zero-order valence-electron chi connectivity index (χ0n) is 12.4. The fourth-order valence-electron chi connectivity index (χ4n) is 2.77. The van der Waals surface area contributed by atoms with Crippen molar-refractivity contribution in [3.63, 3.8) is 0 Å². The van der Waals surface area contributed by atoms with E-state index in [2.05, 4.69) is 17.1 Å². The van der Waals surface area contributed by atoms with Gasteiger partial charge in [-0.2, -0.15) is 4.98 Å². The van der Waals surface area contributed by atoms with Crippen LogP contribution < -0.4 is 5.73 Å². The highest BCUT2D eigenvalue weighted by Crippen LogP contribution is 2.36. The van der Waals surface area contributed by atoms with Gasteiger partial charge in [0.2, 0.25) is 0 Å². The lowest BCUT2D eigenvalue weighted by Crippen LogP contribution is -2.41. The number of halogens is 1. The zero-order chi connectivity index (χ0) is 15.0. The minimum absolute atomic E-state index is 0.277. The van der Waals surface area contributed by atoms with E-state index in [9.17, 15) is 4.39 Å². The maximum absolute atomic E-state index is 13.6. The normalized spacial score (nSPS) is 26.0. The molecule has 1 aliphatic carbocycles. The summed E-state index contributed by atoms with van der Waals surface area (Å²) in [6.07, 6.45) is 3.85. The Bertz CT molecular complexity index is 645. The molecule has 1 aromatic carbocycles. The predicted molar refractivity (Wildman–Crippen MR) is 77.9 cm³/mol. The van der Waals surface area contributed by atoms with Crippen LogP contribution in [0.25, 0.3) is 11.5 Å². The van der Waals surface area contributed by atoms with E-state index in [0.717, 1.165) is 25.7 Å². The first kappa shape index (κ1) is 14.2. The molecular formula is C16H20FN3O. The molecule has 1 fully saturated rings. The Labute approximate surface area is 123 Å². The lowest BCUT2D eigenvalue weighted by atomic mass is 9.77. The van der Waals surface area contributed by atoms with E-state index in [1.165, 1.54) is 6.07 Å². The Morgan fingerprint density at radius 3 is 2.71 bits per heavy atom. The summed E-state index contributed by atoms with van der Waals surface area (Å²) in [5.74, 6) is 1.28. The van der Waals surface area contributed by atoms with Crippen LogP contribution in [0.3, 0.4) is 0 Å². The molecule has 0 amide bonds. The van der Waals surface area contributed by atoms with Gasteiger partial charge in [-0.05, 0) is 56.2 Å². The average Bonchev–Trinajstić information content (AvgIpc) is 2.96. The van der Waals surface area contributed by atoms with E-state index in [4.69, 9.17) is 10.3 Å². The molecule has 1 aromatic heterocycles. The molecule has 0 unspecified atom stereocenters. The maximum Gasteiger partial charge on any atom is 0.258 e. The lowest BCUT2D eigenvalue weighted by Gasteiger charge is -2.33. The van der Waals surface area contributed by atoms with Crippen molar-refractivity contribution in [2.24, 2.45) is 11.7 Å². The van der Waals surface area contributed by atoms with Crippen molar-refractivity contribution in [2.75, 3.05) is 0 Å². The van der Waals surface area contributed by atoms with Crippen LogP contribution in [0.1, 0.15) is 44.0 Å². The second-order valence-electron chi connectivity index (χ2n) is 6.23. The van der Waals surface area contributed by atoms with Crippen LogP contribution in [0.4, 0.5) is 4.39 Å². The molecule has 1 aliphatic rings. The van der Waals surface area contributed by atoms with Gasteiger partial charge in [-0.15, -0.1) is 0 Å². The molecule has 112 valence electrons. The van der Waals surface area contributed by atoms with Gasteiger partial charge in [0, 0.05) is 5.56 Å². The largest absolute Gasteiger partial charge is 0.334 e. The second kappa shape index (κ2) is 5.22. The van der Waals surface area contributed by atoms with Crippen molar-refractivity contribution in [1.29, 1.82) is 0 Å². The van der Waals surface area contributed by atoms with Crippen molar-refractivity contribution in [2.45, 2.75) is 45.1 Å². The zero-order valence-corrected chi connectivity index (χ0v) is 12.4. The number of benzene rings is 1. The van der Waals surface area contributed by atoms with Crippen molar-refractivity contribution in [3.8, 4) is 11.5 Å². The van der Waals surface area contributed by atoms with Gasteiger partial charge in [0.15, 0.2) is 5.82 Å². The van der Waals surface area contributed by atoms with Gasteiger partial charge in [-0.25, -0.2) is 4.39 Å². The standard InChI is InChI=1S/C16H20FN3O/c1-10-5-7-16(18,8-6-10)15-19-14(21-20-15)12-4-3-11(2)13(17)9-12/h3-4,9-10H,5-8,18H2,1-2H3. The number of nitrogens with two attached hydrogens (primary N) is 1. The van der Waals surface area contributed by atoms with Crippen LogP contribution in [0.2, 0.25) is 0 Å². The minimum Gasteiger partial charge on any atom is -0.334 e. The first-order valence-corrected chi connectivity index (χ1v) is 7.37. The van der Waals surface area contributed by atoms with E-state index in [-0.39, 0.29) is 5.82 Å². The smallest absolute Gasteiger partial charge is 0.258 e. The van der Waals surface area contributed by atoms with Crippen LogP contribution in [0.15, 0.2) is 22.7 Å². The molecule has 0 saturated heterocycles. The fraction of sp³-hybridized carbons (Fsp3) is 0.500. The van der Waals surface area contributed by atoms with E-state index in [0.29, 0.717) is 28.8 Å². The number of nitrogens with zero attached hydrogens (tertiary/aromatic N) is 2. The Hall–Kier alpha value is -1.75. The Morgan fingerprint density at radius 1 is 1.33 bits per heavy atom. The molecular weight excluding hydrogens is 269 g/mol. The highest BCUT2D eigenvalue weighted by molar-refractivity contribution is 5.53. The number of aryl methyl sites for hydroxylation is 1. The van der Waals surface area contributed by atoms with Crippen LogP contribution in [0.5, 0.6) is 0 Å². The van der Waals surface area contributed by atoms with E-state index in [1.54, 1.807) is 19.1 Å². The summed E-state index contributed by atoms with van der Waals surface area (Å²) in [7, 11) is 0. The summed E-state index contributed by atoms with van der Waals surface area (Å²) < 4.78 is 18.9. The fourth-order valence-corrected chi connectivity index (χ4v) is 2.77. The van der Waals surface area contributed by atoms with Gasteiger partial charge >= 0.3 is 0 Å². The Morgan fingerprint density at radius 2 is 2.05 bits per heavy atom. The molecule has 5 heteroatoms. The summed E-state index contributed by atoms with van der Waals surface area (Å²) >= 11 is 0. The molecule has 0 bridgehead atoms. The third-order valence-electron chi connectivity index (χ3n) is 4.46. The highest BCUT2D eigenvalue weighted by Gasteiger charge is 2.36. The molecule has 1 heterocycles. The summed E-state index contributed by atoms with van der Waals surface area (Å²) in [5, 5.41) is 4.03. The Balaban J connectivity index is 1.87. The van der Waals surface area contributed by atoms with Crippen molar-refractivity contribution < 1.29 is 8.91 Å². The summed E-state index contributed by atoms with van der Waals surface area (Å²) in [4.78, 5) is 4.40. The average molecular weight is 289 g/mol. The number of rotatable bonds is 2. The lowest BCUT2D eigenvalue weighted by molar-refractivity contribution is 0.230. The molecule has 3 rings (SSSR count). The van der Waals surface area contributed by atoms with Crippen LogP contribution >= 0.6 is 0 Å². The van der Waals surface area contributed by atoms with Gasteiger partial charge in [0.05, 0.1) is 5.54 Å². The maximum atomic E-state index is 13.6. The number of hydrogen-bond acceptors (Lipinski definition) is 4. The van der Waals surface area contributed by atoms with Crippen molar-refractivity contribution in [1.82, 2.24) is 10.1 Å². The molecule has 1 saturated carbocycles. The van der Waals surface area contributed by atoms with E-state index in [1.807, 2.05) is 0 Å². The first-order chi connectivity index (χ1) is 9.98. The summed E-state index contributed by atoms with van der Waals surface area (Å²) in [5.41, 5.74) is 7.09. The third kappa shape index (κ3) is 2.70. The first-order valence-electron chi connectivity index (χ1n) is 7.37. The summed E-state index contributed by atoms with van der Waals surface area (Å²) in [6.45, 7) is 3.95. The molecule has 0 atom stereocenters. The molecule has 21 heavy (non-hydrogen) atoms. The molecule has 0 spiro atoms. The van der Waals surface area contributed by atoms with Crippen LogP contribution in [-0.4, -0.2) is 10.1 Å². The SMILES string of the molecule is Cc1ccc(-c2nc(C3(N)CCC(C)CC3)no2)cc1F. The van der Waals surface area contributed by atoms with Crippen LogP contribution in [-0.2, 0) is 5.54 Å². The summed E-state index contributed by atoms with van der Waals surface area (Å²) in [6, 6.07) is 4.90. The van der Waals surface area contributed by atoms with Gasteiger partial charge < -0.3 is 10.3 Å². The van der Waals surface area contributed by atoms with Crippen LogP contribution in [0, 0.1) is 18.7 Å². The topological polar surface area (TPSA) is 64.9 Å². The van der Waals surface area contributed by atoms with Gasteiger partial charge in [0.25, 0.3) is 5.89 Å². The van der Waals surface area contributed by atoms with Gasteiger partial charge in [0.1, 0.15) is 5.82 Å². The molecule has 2 N–H and O–H groups in total. The third-order valence-corrected chi connectivity index (χ3v) is 4.46. The van der Waals surface area contributed by atoms with E-state index >= 15 is 0 Å². The minimum atomic E-state index is -0.516. The quantitative estimate of drug-likeness (QED) is 0.918. The second-order valence-corrected chi connectivity index (χ2v) is 6.23. The van der Waals surface area contributed by atoms with E-state index < -0.39 is 5.54 Å². The molecule has 2 aromatic rings.